The summed E-state index contributed by atoms with van der Waals surface area (Å²) in [5.41, 5.74) is 4.27. The lowest BCUT2D eigenvalue weighted by Gasteiger charge is -2.25. The summed E-state index contributed by atoms with van der Waals surface area (Å²) >= 11 is 7.18. The van der Waals surface area contributed by atoms with E-state index in [4.69, 9.17) is 23.9 Å². The van der Waals surface area contributed by atoms with Crippen molar-refractivity contribution >= 4 is 61.9 Å². The van der Waals surface area contributed by atoms with E-state index in [0.717, 1.165) is 24.9 Å². The molecule has 1 aromatic heterocycles. The highest BCUT2D eigenvalue weighted by molar-refractivity contribution is 14.1. The molecule has 3 aromatic carbocycles. The van der Waals surface area contributed by atoms with Gasteiger partial charge in [0, 0.05) is 0 Å². The molecule has 1 aliphatic heterocycles. The van der Waals surface area contributed by atoms with Gasteiger partial charge in [0.05, 0.1) is 49.7 Å². The summed E-state index contributed by atoms with van der Waals surface area (Å²) < 4.78 is 26.9. The van der Waals surface area contributed by atoms with Gasteiger partial charge in [0.15, 0.2) is 16.3 Å². The molecule has 240 valence electrons. The standard InChI is InChI=1S/C35H34BrIN2O6S/c1-7-43-34(41)30-21(5)38-35-39(31(30)24-11-12-27(45-19(2)3)28(17-24)42-6)33(40)29(46-35)16-23-14-25(36)32(26(37)15-23)44-18-22-10-8-9-20(4)13-22/h8-17,19,31H,7,18H2,1-6H3/b29-16-/t31-/m1/s1. The number of halogens is 2. The molecule has 0 bridgehead atoms. The average molecular weight is 818 g/mol. The van der Waals surface area contributed by atoms with Crippen LogP contribution >= 0.6 is 49.9 Å². The SMILES string of the molecule is CCOC(=O)C1=C(C)N=c2s/c(=C\c3cc(Br)c(OCc4cccc(C)c4)c(I)c3)c(=O)n2[C@@H]1c1ccc(OC(C)C)c(OC)c1. The van der Waals surface area contributed by atoms with Gasteiger partial charge >= 0.3 is 5.97 Å². The van der Waals surface area contributed by atoms with Gasteiger partial charge in [-0.25, -0.2) is 9.79 Å². The Bertz CT molecular complexity index is 1990. The smallest absolute Gasteiger partial charge is 0.338 e. The van der Waals surface area contributed by atoms with Crippen LogP contribution in [0.25, 0.3) is 6.08 Å². The number of carbonyl (C=O) groups excluding carboxylic acids is 1. The molecule has 8 nitrogen and oxygen atoms in total. The molecule has 1 aliphatic rings. The lowest BCUT2D eigenvalue weighted by Crippen LogP contribution is -2.40. The van der Waals surface area contributed by atoms with Crippen molar-refractivity contribution in [1.82, 2.24) is 4.57 Å². The van der Waals surface area contributed by atoms with Crippen LogP contribution in [0.15, 0.2) is 80.1 Å². The molecule has 46 heavy (non-hydrogen) atoms. The zero-order chi connectivity index (χ0) is 33.1. The fraction of sp³-hybridized carbons (Fsp3) is 0.286. The number of hydrogen-bond acceptors (Lipinski definition) is 8. The number of ether oxygens (including phenoxy) is 4. The van der Waals surface area contributed by atoms with Gasteiger partial charge in [-0.3, -0.25) is 9.36 Å². The monoisotopic (exact) mass is 816 g/mol. The molecule has 0 unspecified atom stereocenters. The van der Waals surface area contributed by atoms with Crippen molar-refractivity contribution in [1.29, 1.82) is 0 Å². The van der Waals surface area contributed by atoms with Crippen LogP contribution < -0.4 is 29.1 Å². The Morgan fingerprint density at radius 1 is 1.13 bits per heavy atom. The number of allylic oxidation sites excluding steroid dienone is 1. The van der Waals surface area contributed by atoms with Crippen molar-refractivity contribution in [2.45, 2.75) is 53.4 Å². The number of aromatic nitrogens is 1. The number of nitrogens with zero attached hydrogens (tertiary/aromatic N) is 2. The summed E-state index contributed by atoms with van der Waals surface area (Å²) in [6.07, 6.45) is 1.77. The Morgan fingerprint density at radius 3 is 2.59 bits per heavy atom. The van der Waals surface area contributed by atoms with E-state index in [0.29, 0.717) is 44.3 Å². The molecule has 0 N–H and O–H groups in total. The van der Waals surface area contributed by atoms with E-state index in [-0.39, 0.29) is 18.3 Å². The maximum atomic E-state index is 14.1. The molecular weight excluding hydrogens is 783 g/mol. The molecule has 0 saturated heterocycles. The lowest BCUT2D eigenvalue weighted by atomic mass is 9.95. The number of thiazole rings is 1. The minimum absolute atomic E-state index is 0.0634. The molecule has 1 atom stereocenters. The number of esters is 1. The highest BCUT2D eigenvalue weighted by Gasteiger charge is 2.34. The number of rotatable bonds is 10. The summed E-state index contributed by atoms with van der Waals surface area (Å²) in [6, 6.07) is 16.8. The molecule has 0 saturated carbocycles. The number of fused-ring (bicyclic) bond motifs is 1. The van der Waals surface area contributed by atoms with E-state index in [1.54, 1.807) is 37.7 Å². The Morgan fingerprint density at radius 2 is 1.91 bits per heavy atom. The highest BCUT2D eigenvalue weighted by atomic mass is 127. The average Bonchev–Trinajstić information content (AvgIpc) is 3.29. The molecule has 0 fully saturated rings. The molecule has 11 heteroatoms. The lowest BCUT2D eigenvalue weighted by molar-refractivity contribution is -0.139. The van der Waals surface area contributed by atoms with E-state index >= 15 is 0 Å². The van der Waals surface area contributed by atoms with Gasteiger partial charge in [-0.2, -0.15) is 0 Å². The molecule has 0 amide bonds. The summed E-state index contributed by atoms with van der Waals surface area (Å²) in [6.45, 7) is 10.1. The van der Waals surface area contributed by atoms with Crippen LogP contribution in [-0.4, -0.2) is 30.4 Å². The fourth-order valence-corrected chi connectivity index (χ4v) is 8.04. The van der Waals surface area contributed by atoms with E-state index in [1.807, 2.05) is 50.3 Å². The number of benzene rings is 3. The van der Waals surface area contributed by atoms with Gasteiger partial charge < -0.3 is 18.9 Å². The van der Waals surface area contributed by atoms with Gasteiger partial charge in [0.25, 0.3) is 5.56 Å². The van der Waals surface area contributed by atoms with E-state index in [2.05, 4.69) is 57.6 Å². The quantitative estimate of drug-likeness (QED) is 0.129. The second-order valence-electron chi connectivity index (χ2n) is 11.0. The Hall–Kier alpha value is -3.42. The predicted molar refractivity (Wildman–Crippen MR) is 192 cm³/mol. The topological polar surface area (TPSA) is 88.4 Å². The summed E-state index contributed by atoms with van der Waals surface area (Å²) in [4.78, 5) is 32.6. The molecule has 0 radical (unpaired) electrons. The number of hydrogen-bond donors (Lipinski definition) is 0. The summed E-state index contributed by atoms with van der Waals surface area (Å²) in [5, 5.41) is 0. The molecule has 2 heterocycles. The van der Waals surface area contributed by atoms with Gasteiger partial charge in [0.2, 0.25) is 0 Å². The first-order valence-electron chi connectivity index (χ1n) is 14.7. The van der Waals surface area contributed by atoms with Crippen LogP contribution in [0.2, 0.25) is 0 Å². The first kappa shape index (κ1) is 33.9. The minimum atomic E-state index is -0.774. The highest BCUT2D eigenvalue weighted by Crippen LogP contribution is 2.37. The van der Waals surface area contributed by atoms with E-state index < -0.39 is 12.0 Å². The normalized spacial score (nSPS) is 14.6. The third kappa shape index (κ3) is 7.26. The van der Waals surface area contributed by atoms with Gasteiger partial charge in [-0.15, -0.1) is 0 Å². The Kier molecular flexibility index (Phi) is 10.7. The molecule has 0 spiro atoms. The van der Waals surface area contributed by atoms with Crippen LogP contribution in [0.5, 0.6) is 17.2 Å². The zero-order valence-electron chi connectivity index (χ0n) is 26.4. The van der Waals surface area contributed by atoms with Crippen molar-refractivity contribution in [3.8, 4) is 17.2 Å². The summed E-state index contributed by atoms with van der Waals surface area (Å²) in [7, 11) is 1.56. The van der Waals surface area contributed by atoms with E-state index in [9.17, 15) is 9.59 Å². The van der Waals surface area contributed by atoms with Crippen molar-refractivity contribution in [3.05, 3.63) is 116 Å². The predicted octanol–water partition coefficient (Wildman–Crippen LogP) is 6.85. The van der Waals surface area contributed by atoms with Crippen LogP contribution in [-0.2, 0) is 16.1 Å². The van der Waals surface area contributed by atoms with Crippen molar-refractivity contribution < 1.29 is 23.7 Å². The van der Waals surface area contributed by atoms with Crippen LogP contribution in [0.1, 0.15) is 56.0 Å². The zero-order valence-corrected chi connectivity index (χ0v) is 30.9. The van der Waals surface area contributed by atoms with Crippen molar-refractivity contribution in [2.75, 3.05) is 13.7 Å². The first-order chi connectivity index (χ1) is 22.0. The second kappa shape index (κ2) is 14.6. The van der Waals surface area contributed by atoms with Crippen molar-refractivity contribution in [2.24, 2.45) is 4.99 Å². The Labute approximate surface area is 293 Å². The second-order valence-corrected chi connectivity index (χ2v) is 14.0. The van der Waals surface area contributed by atoms with Crippen LogP contribution in [0, 0.1) is 10.5 Å². The van der Waals surface area contributed by atoms with E-state index in [1.165, 1.54) is 16.9 Å². The molecule has 0 aliphatic carbocycles. The summed E-state index contributed by atoms with van der Waals surface area (Å²) in [5.74, 6) is 1.27. The number of methoxy groups -OCH3 is 1. The minimum Gasteiger partial charge on any atom is -0.493 e. The third-order valence-electron chi connectivity index (χ3n) is 7.17. The van der Waals surface area contributed by atoms with Crippen molar-refractivity contribution in [3.63, 3.8) is 0 Å². The fourth-order valence-electron chi connectivity index (χ4n) is 5.22. The van der Waals surface area contributed by atoms with Gasteiger partial charge in [-0.1, -0.05) is 47.2 Å². The maximum absolute atomic E-state index is 14.1. The molecular formula is C35H34BrIN2O6S. The first-order valence-corrected chi connectivity index (χ1v) is 17.4. The number of carbonyl (C=O) groups is 1. The molecule has 4 aromatic rings. The van der Waals surface area contributed by atoms with Crippen LogP contribution in [0.4, 0.5) is 0 Å². The third-order valence-corrected chi connectivity index (χ3v) is 9.54. The largest absolute Gasteiger partial charge is 0.493 e. The van der Waals surface area contributed by atoms with Gasteiger partial charge in [-0.05, 0) is 120 Å². The van der Waals surface area contributed by atoms with Gasteiger partial charge in [0.1, 0.15) is 12.4 Å². The Balaban J connectivity index is 1.58. The number of aryl methyl sites for hydroxylation is 1. The van der Waals surface area contributed by atoms with Crippen LogP contribution in [0.3, 0.4) is 0 Å². The molecule has 5 rings (SSSR count). The maximum Gasteiger partial charge on any atom is 0.338 e.